The number of aryl methyl sites for hydroxylation is 2. The van der Waals surface area contributed by atoms with Gasteiger partial charge >= 0.3 is 0 Å². The molecule has 2 aliphatic rings. The third kappa shape index (κ3) is 2.08. The van der Waals surface area contributed by atoms with Gasteiger partial charge in [0.15, 0.2) is 0 Å². The van der Waals surface area contributed by atoms with Crippen LogP contribution < -0.4 is 5.73 Å². The van der Waals surface area contributed by atoms with Gasteiger partial charge in [-0.15, -0.1) is 0 Å². The number of hydrogen-bond acceptors (Lipinski definition) is 2. The number of benzene rings is 1. The molecule has 2 N–H and O–H groups in total. The van der Waals surface area contributed by atoms with E-state index in [2.05, 4.69) is 37.2 Å². The van der Waals surface area contributed by atoms with Crippen LogP contribution in [0.25, 0.3) is 0 Å². The van der Waals surface area contributed by atoms with Gasteiger partial charge in [-0.3, -0.25) is 0 Å². The first kappa shape index (κ1) is 12.2. The zero-order valence-corrected chi connectivity index (χ0v) is 11.6. The molecule has 0 saturated heterocycles. The van der Waals surface area contributed by atoms with Gasteiger partial charge in [-0.1, -0.05) is 18.2 Å². The fraction of sp³-hybridized carbons (Fsp3) is 0.625. The Morgan fingerprint density at radius 2 is 1.78 bits per heavy atom. The maximum atomic E-state index is 6.46. The van der Waals surface area contributed by atoms with Crippen molar-refractivity contribution in [2.24, 2.45) is 5.73 Å². The number of nitrogens with zero attached hydrogens (tertiary/aromatic N) is 1. The van der Waals surface area contributed by atoms with E-state index >= 15 is 0 Å². The van der Waals surface area contributed by atoms with Crippen molar-refractivity contribution in [3.63, 3.8) is 0 Å². The molecule has 0 aromatic heterocycles. The molecular formula is C16H24N2. The average Bonchev–Trinajstić information content (AvgIpc) is 3.07. The third-order valence-electron chi connectivity index (χ3n) is 4.58. The minimum Gasteiger partial charge on any atom is -0.323 e. The molecule has 2 heteroatoms. The van der Waals surface area contributed by atoms with Gasteiger partial charge in [-0.25, -0.2) is 0 Å². The van der Waals surface area contributed by atoms with Gasteiger partial charge < -0.3 is 10.6 Å². The Labute approximate surface area is 110 Å². The Morgan fingerprint density at radius 3 is 2.39 bits per heavy atom. The molecule has 0 heterocycles. The van der Waals surface area contributed by atoms with Crippen LogP contribution in [0, 0.1) is 0 Å². The third-order valence-corrected chi connectivity index (χ3v) is 4.58. The van der Waals surface area contributed by atoms with Crippen LogP contribution >= 0.6 is 0 Å². The van der Waals surface area contributed by atoms with Crippen LogP contribution in [0.1, 0.15) is 48.4 Å². The molecule has 0 bridgehead atoms. The molecule has 1 saturated carbocycles. The predicted octanol–water partition coefficient (Wildman–Crippen LogP) is 2.66. The molecule has 2 aliphatic carbocycles. The number of fused-ring (bicyclic) bond motifs is 1. The molecule has 1 atom stereocenters. The van der Waals surface area contributed by atoms with Crippen LogP contribution in [0.4, 0.5) is 0 Å². The van der Waals surface area contributed by atoms with Crippen LogP contribution in [0.5, 0.6) is 0 Å². The monoisotopic (exact) mass is 244 g/mol. The Kier molecular flexibility index (Phi) is 2.95. The molecule has 0 amide bonds. The van der Waals surface area contributed by atoms with Gasteiger partial charge in [-0.05, 0) is 69.3 Å². The molecule has 1 unspecified atom stereocenters. The molecule has 2 nitrogen and oxygen atoms in total. The molecule has 98 valence electrons. The van der Waals surface area contributed by atoms with Gasteiger partial charge in [0.2, 0.25) is 0 Å². The number of likely N-dealkylation sites (N-methyl/N-ethyl adjacent to an activating group) is 1. The van der Waals surface area contributed by atoms with E-state index in [4.69, 9.17) is 5.73 Å². The quantitative estimate of drug-likeness (QED) is 0.885. The van der Waals surface area contributed by atoms with Crippen molar-refractivity contribution in [3.05, 3.63) is 34.9 Å². The second-order valence-corrected chi connectivity index (χ2v) is 6.33. The van der Waals surface area contributed by atoms with Crippen LogP contribution in [0.15, 0.2) is 18.2 Å². The van der Waals surface area contributed by atoms with Gasteiger partial charge in [-0.2, -0.15) is 0 Å². The van der Waals surface area contributed by atoms with Crippen molar-refractivity contribution < 1.29 is 0 Å². The molecule has 1 aromatic rings. The van der Waals surface area contributed by atoms with Gasteiger partial charge in [0, 0.05) is 5.54 Å². The van der Waals surface area contributed by atoms with Gasteiger partial charge in [0.1, 0.15) is 0 Å². The Hall–Kier alpha value is -0.860. The smallest absolute Gasteiger partial charge is 0.0523 e. The lowest BCUT2D eigenvalue weighted by Gasteiger charge is -2.31. The summed E-state index contributed by atoms with van der Waals surface area (Å²) >= 11 is 0. The van der Waals surface area contributed by atoms with Crippen molar-refractivity contribution in [3.8, 4) is 0 Å². The first-order valence-corrected chi connectivity index (χ1v) is 7.17. The molecule has 18 heavy (non-hydrogen) atoms. The normalized spacial score (nSPS) is 22.7. The summed E-state index contributed by atoms with van der Waals surface area (Å²) in [4.78, 5) is 2.29. The lowest BCUT2D eigenvalue weighted by molar-refractivity contribution is 0.245. The highest BCUT2D eigenvalue weighted by Gasteiger charge is 2.47. The van der Waals surface area contributed by atoms with E-state index in [0.29, 0.717) is 6.04 Å². The Morgan fingerprint density at radius 1 is 1.11 bits per heavy atom. The van der Waals surface area contributed by atoms with Crippen molar-refractivity contribution >= 4 is 0 Å². The standard InChI is InChI=1S/C16H24N2/c1-18(2)15(16(17)9-10-16)14-8-7-12-5-3-4-6-13(12)11-14/h7-8,11,15H,3-6,9-10,17H2,1-2H3. The summed E-state index contributed by atoms with van der Waals surface area (Å²) < 4.78 is 0. The van der Waals surface area contributed by atoms with Gasteiger partial charge in [0.25, 0.3) is 0 Å². The summed E-state index contributed by atoms with van der Waals surface area (Å²) in [5.74, 6) is 0. The zero-order valence-electron chi connectivity index (χ0n) is 11.6. The van der Waals surface area contributed by atoms with Crippen molar-refractivity contribution in [2.45, 2.75) is 50.1 Å². The molecule has 1 fully saturated rings. The van der Waals surface area contributed by atoms with E-state index in [1.807, 2.05) is 0 Å². The van der Waals surface area contributed by atoms with E-state index < -0.39 is 0 Å². The predicted molar refractivity (Wildman–Crippen MR) is 75.7 cm³/mol. The van der Waals surface area contributed by atoms with E-state index in [-0.39, 0.29) is 5.54 Å². The second kappa shape index (κ2) is 4.36. The molecule has 3 rings (SSSR count). The maximum absolute atomic E-state index is 6.46. The van der Waals surface area contributed by atoms with E-state index in [1.165, 1.54) is 31.2 Å². The summed E-state index contributed by atoms with van der Waals surface area (Å²) in [7, 11) is 4.30. The average molecular weight is 244 g/mol. The fourth-order valence-electron chi connectivity index (χ4n) is 3.49. The second-order valence-electron chi connectivity index (χ2n) is 6.33. The largest absolute Gasteiger partial charge is 0.323 e. The van der Waals surface area contributed by atoms with Crippen molar-refractivity contribution in [2.75, 3.05) is 14.1 Å². The lowest BCUT2D eigenvalue weighted by atomic mass is 9.87. The highest BCUT2D eigenvalue weighted by molar-refractivity contribution is 5.37. The van der Waals surface area contributed by atoms with E-state index in [9.17, 15) is 0 Å². The summed E-state index contributed by atoms with van der Waals surface area (Å²) in [5, 5.41) is 0. The van der Waals surface area contributed by atoms with Gasteiger partial charge in [0.05, 0.1) is 6.04 Å². The summed E-state index contributed by atoms with van der Waals surface area (Å²) in [6, 6.07) is 7.45. The number of rotatable bonds is 3. The molecule has 0 radical (unpaired) electrons. The van der Waals surface area contributed by atoms with Crippen LogP contribution in [0.2, 0.25) is 0 Å². The highest BCUT2D eigenvalue weighted by atomic mass is 15.1. The summed E-state index contributed by atoms with van der Waals surface area (Å²) in [6.45, 7) is 0. The molecule has 0 aliphatic heterocycles. The lowest BCUT2D eigenvalue weighted by Crippen LogP contribution is -2.39. The SMILES string of the molecule is CN(C)C(c1ccc2c(c1)CCCC2)C1(N)CC1. The summed E-state index contributed by atoms with van der Waals surface area (Å²) in [5.41, 5.74) is 11.0. The first-order valence-electron chi connectivity index (χ1n) is 7.17. The minimum atomic E-state index is 0.0202. The van der Waals surface area contributed by atoms with Crippen LogP contribution in [-0.4, -0.2) is 24.5 Å². The van der Waals surface area contributed by atoms with Crippen LogP contribution in [-0.2, 0) is 12.8 Å². The molecular weight excluding hydrogens is 220 g/mol. The molecule has 1 aromatic carbocycles. The first-order chi connectivity index (χ1) is 8.60. The summed E-state index contributed by atoms with van der Waals surface area (Å²) in [6.07, 6.45) is 7.53. The molecule has 0 spiro atoms. The van der Waals surface area contributed by atoms with Crippen molar-refractivity contribution in [1.29, 1.82) is 0 Å². The maximum Gasteiger partial charge on any atom is 0.0523 e. The zero-order chi connectivity index (χ0) is 12.8. The van der Waals surface area contributed by atoms with E-state index in [0.717, 1.165) is 12.8 Å². The number of nitrogens with two attached hydrogens (primary N) is 1. The Balaban J connectivity index is 1.95. The minimum absolute atomic E-state index is 0.0202. The van der Waals surface area contributed by atoms with E-state index in [1.54, 1.807) is 11.1 Å². The highest BCUT2D eigenvalue weighted by Crippen LogP contribution is 2.46. The topological polar surface area (TPSA) is 29.3 Å². The van der Waals surface area contributed by atoms with Crippen LogP contribution in [0.3, 0.4) is 0 Å². The number of hydrogen-bond donors (Lipinski definition) is 1. The fourth-order valence-corrected chi connectivity index (χ4v) is 3.49. The Bertz CT molecular complexity index is 446. The van der Waals surface area contributed by atoms with Crippen molar-refractivity contribution in [1.82, 2.24) is 4.90 Å².